The highest BCUT2D eigenvalue weighted by molar-refractivity contribution is 8.00. The second-order valence-electron chi connectivity index (χ2n) is 8.13. The monoisotopic (exact) mass is 441 g/mol. The molecular weight excluding hydrogens is 414 g/mol. The Morgan fingerprint density at radius 2 is 2.10 bits per heavy atom. The van der Waals surface area contributed by atoms with E-state index in [0.717, 1.165) is 39.3 Å². The molecule has 158 valence electrons. The van der Waals surface area contributed by atoms with Crippen LogP contribution in [0.1, 0.15) is 45.1 Å². The van der Waals surface area contributed by atoms with Crippen LogP contribution in [0.15, 0.2) is 35.6 Å². The van der Waals surface area contributed by atoms with Gasteiger partial charge in [0.25, 0.3) is 0 Å². The van der Waals surface area contributed by atoms with Crippen molar-refractivity contribution >= 4 is 50.2 Å². The van der Waals surface area contributed by atoms with Crippen LogP contribution in [0.3, 0.4) is 0 Å². The molecular formula is C22H27N5OS2. The van der Waals surface area contributed by atoms with Crippen molar-refractivity contribution in [1.82, 2.24) is 15.0 Å². The molecule has 0 aliphatic carbocycles. The molecule has 1 aromatic carbocycles. The molecule has 1 atom stereocenters. The van der Waals surface area contributed by atoms with Crippen LogP contribution in [0, 0.1) is 5.92 Å². The SMILES string of the molecule is CC(C)c1ccc(NC(=O)CSc2ncnc3nc(N4CCC[C@@H](C)C4)sc23)cc1. The normalized spacial score (nSPS) is 16.9. The lowest BCUT2D eigenvalue weighted by molar-refractivity contribution is -0.113. The third kappa shape index (κ3) is 4.92. The molecule has 4 rings (SSSR count). The maximum absolute atomic E-state index is 12.4. The lowest BCUT2D eigenvalue weighted by atomic mass is 10.0. The van der Waals surface area contributed by atoms with Gasteiger partial charge in [0.15, 0.2) is 10.8 Å². The smallest absolute Gasteiger partial charge is 0.234 e. The van der Waals surface area contributed by atoms with Crippen LogP contribution in [0.25, 0.3) is 10.3 Å². The molecule has 2 aromatic heterocycles. The van der Waals surface area contributed by atoms with Crippen LogP contribution in [0.5, 0.6) is 0 Å². The fourth-order valence-corrected chi connectivity index (χ4v) is 5.53. The van der Waals surface area contributed by atoms with Gasteiger partial charge in [0.05, 0.1) is 5.75 Å². The van der Waals surface area contributed by atoms with E-state index in [1.165, 1.54) is 36.5 Å². The van der Waals surface area contributed by atoms with Gasteiger partial charge in [0, 0.05) is 18.8 Å². The summed E-state index contributed by atoms with van der Waals surface area (Å²) in [4.78, 5) is 28.3. The van der Waals surface area contributed by atoms with Gasteiger partial charge in [0.1, 0.15) is 16.1 Å². The Hall–Kier alpha value is -2.19. The number of piperidine rings is 1. The molecule has 1 saturated heterocycles. The molecule has 0 spiro atoms. The predicted molar refractivity (Wildman–Crippen MR) is 126 cm³/mol. The second kappa shape index (κ2) is 9.31. The van der Waals surface area contributed by atoms with E-state index in [4.69, 9.17) is 4.98 Å². The van der Waals surface area contributed by atoms with Crippen molar-refractivity contribution in [3.63, 3.8) is 0 Å². The first kappa shape index (κ1) is 21.1. The minimum atomic E-state index is -0.0429. The van der Waals surface area contributed by atoms with Gasteiger partial charge < -0.3 is 10.2 Å². The van der Waals surface area contributed by atoms with Gasteiger partial charge in [-0.25, -0.2) is 9.97 Å². The van der Waals surface area contributed by atoms with Crippen LogP contribution in [-0.4, -0.2) is 39.7 Å². The number of anilines is 2. The molecule has 3 heterocycles. The van der Waals surface area contributed by atoms with E-state index >= 15 is 0 Å². The first-order valence-corrected chi connectivity index (χ1v) is 12.2. The highest BCUT2D eigenvalue weighted by Gasteiger charge is 2.21. The summed E-state index contributed by atoms with van der Waals surface area (Å²) in [7, 11) is 0. The van der Waals surface area contributed by atoms with Crippen molar-refractivity contribution < 1.29 is 4.79 Å². The zero-order valence-electron chi connectivity index (χ0n) is 17.6. The van der Waals surface area contributed by atoms with Gasteiger partial charge >= 0.3 is 0 Å². The molecule has 0 radical (unpaired) electrons. The zero-order chi connectivity index (χ0) is 21.1. The number of rotatable bonds is 6. The number of thioether (sulfide) groups is 1. The molecule has 1 aliphatic heterocycles. The minimum Gasteiger partial charge on any atom is -0.348 e. The molecule has 0 unspecified atom stereocenters. The topological polar surface area (TPSA) is 71.0 Å². The van der Waals surface area contributed by atoms with E-state index in [1.54, 1.807) is 11.3 Å². The quantitative estimate of drug-likeness (QED) is 0.420. The number of hydrogen-bond donors (Lipinski definition) is 1. The Morgan fingerprint density at radius 3 is 2.83 bits per heavy atom. The molecule has 1 N–H and O–H groups in total. The molecule has 30 heavy (non-hydrogen) atoms. The molecule has 1 amide bonds. The predicted octanol–water partition coefficient (Wildman–Crippen LogP) is 5.18. The number of hydrogen-bond acceptors (Lipinski definition) is 7. The number of carbonyl (C=O) groups is 1. The number of nitrogens with one attached hydrogen (secondary N) is 1. The second-order valence-corrected chi connectivity index (χ2v) is 10.1. The molecule has 6 nitrogen and oxygen atoms in total. The average molecular weight is 442 g/mol. The molecule has 1 fully saturated rings. The van der Waals surface area contributed by atoms with E-state index in [0.29, 0.717) is 17.6 Å². The van der Waals surface area contributed by atoms with Crippen LogP contribution >= 0.6 is 23.1 Å². The number of nitrogens with zero attached hydrogens (tertiary/aromatic N) is 4. The van der Waals surface area contributed by atoms with E-state index in [9.17, 15) is 4.79 Å². The highest BCUT2D eigenvalue weighted by Crippen LogP contribution is 2.35. The van der Waals surface area contributed by atoms with Gasteiger partial charge in [-0.15, -0.1) is 0 Å². The van der Waals surface area contributed by atoms with Crippen LogP contribution in [-0.2, 0) is 4.79 Å². The van der Waals surface area contributed by atoms with Crippen LogP contribution in [0.2, 0.25) is 0 Å². The summed E-state index contributed by atoms with van der Waals surface area (Å²) in [6, 6.07) is 8.02. The van der Waals surface area contributed by atoms with Gasteiger partial charge in [-0.05, 0) is 42.4 Å². The summed E-state index contributed by atoms with van der Waals surface area (Å²) in [5.41, 5.74) is 2.79. The summed E-state index contributed by atoms with van der Waals surface area (Å²) in [6.45, 7) is 8.67. The van der Waals surface area contributed by atoms with Crippen LogP contribution < -0.4 is 10.2 Å². The first-order valence-electron chi connectivity index (χ1n) is 10.4. The fourth-order valence-electron chi connectivity index (χ4n) is 3.61. The number of thiazole rings is 1. The lowest BCUT2D eigenvalue weighted by Crippen LogP contribution is -2.34. The summed E-state index contributed by atoms with van der Waals surface area (Å²) >= 11 is 3.06. The van der Waals surface area contributed by atoms with Gasteiger partial charge in [0.2, 0.25) is 5.91 Å². The largest absolute Gasteiger partial charge is 0.348 e. The van der Waals surface area contributed by atoms with Crippen molar-refractivity contribution in [3.05, 3.63) is 36.2 Å². The van der Waals surface area contributed by atoms with Gasteiger partial charge in [-0.3, -0.25) is 4.79 Å². The summed E-state index contributed by atoms with van der Waals surface area (Å²) < 4.78 is 0.963. The van der Waals surface area contributed by atoms with Crippen molar-refractivity contribution in [1.29, 1.82) is 0 Å². The van der Waals surface area contributed by atoms with Crippen molar-refractivity contribution in [2.24, 2.45) is 5.92 Å². The number of fused-ring (bicyclic) bond motifs is 1. The standard InChI is InChI=1S/C22H27N5OS2/c1-14(2)16-6-8-17(9-7-16)25-18(28)12-29-21-19-20(23-13-24-21)26-22(30-19)27-10-4-5-15(3)11-27/h6-9,13-15H,4-5,10-12H2,1-3H3,(H,25,28)/t15-/m1/s1. The van der Waals surface area contributed by atoms with E-state index in [2.05, 4.69) is 53.1 Å². The number of carbonyl (C=O) groups excluding carboxylic acids is 1. The Kier molecular flexibility index (Phi) is 6.53. The summed E-state index contributed by atoms with van der Waals surface area (Å²) in [5.74, 6) is 1.41. The van der Waals surface area contributed by atoms with Crippen molar-refractivity contribution in [2.75, 3.05) is 29.1 Å². The zero-order valence-corrected chi connectivity index (χ0v) is 19.2. The summed E-state index contributed by atoms with van der Waals surface area (Å²) in [5, 5.41) is 4.79. The average Bonchev–Trinajstić information content (AvgIpc) is 3.18. The first-order chi connectivity index (χ1) is 14.5. The maximum atomic E-state index is 12.4. The third-order valence-corrected chi connectivity index (χ3v) is 7.51. The molecule has 8 heteroatoms. The molecule has 0 saturated carbocycles. The summed E-state index contributed by atoms with van der Waals surface area (Å²) in [6.07, 6.45) is 4.01. The molecule has 3 aromatic rings. The Bertz CT molecular complexity index is 1020. The third-order valence-electron chi connectivity index (χ3n) is 5.28. The van der Waals surface area contributed by atoms with E-state index < -0.39 is 0 Å². The Morgan fingerprint density at radius 1 is 1.30 bits per heavy atom. The number of amides is 1. The van der Waals surface area contributed by atoms with Crippen molar-refractivity contribution in [3.8, 4) is 0 Å². The van der Waals surface area contributed by atoms with E-state index in [1.807, 2.05) is 12.1 Å². The Balaban J connectivity index is 1.41. The Labute approximate surface area is 185 Å². The van der Waals surface area contributed by atoms with Gasteiger partial charge in [-0.1, -0.05) is 56.0 Å². The molecule has 0 bridgehead atoms. The highest BCUT2D eigenvalue weighted by atomic mass is 32.2. The lowest BCUT2D eigenvalue weighted by Gasteiger charge is -2.30. The van der Waals surface area contributed by atoms with Crippen molar-refractivity contribution in [2.45, 2.75) is 44.6 Å². The number of benzene rings is 1. The van der Waals surface area contributed by atoms with Crippen LogP contribution in [0.4, 0.5) is 10.8 Å². The van der Waals surface area contributed by atoms with E-state index in [-0.39, 0.29) is 5.91 Å². The number of aromatic nitrogens is 3. The minimum absolute atomic E-state index is 0.0429. The van der Waals surface area contributed by atoms with Gasteiger partial charge in [-0.2, -0.15) is 4.98 Å². The molecule has 1 aliphatic rings. The fraction of sp³-hybridized carbons (Fsp3) is 0.455. The maximum Gasteiger partial charge on any atom is 0.234 e.